The van der Waals surface area contributed by atoms with Crippen LogP contribution in [0.4, 0.5) is 0 Å². The van der Waals surface area contributed by atoms with Gasteiger partial charge in [0.15, 0.2) is 0 Å². The van der Waals surface area contributed by atoms with Gasteiger partial charge in [0, 0.05) is 55.8 Å². The van der Waals surface area contributed by atoms with Crippen molar-refractivity contribution in [1.29, 1.82) is 0 Å². The van der Waals surface area contributed by atoms with Crippen molar-refractivity contribution in [2.45, 2.75) is 38.3 Å². The summed E-state index contributed by atoms with van der Waals surface area (Å²) in [5.74, 6) is 0.468. The molecule has 0 radical (unpaired) electrons. The van der Waals surface area contributed by atoms with Gasteiger partial charge >= 0.3 is 0 Å². The minimum atomic E-state index is 0.468. The minimum absolute atomic E-state index is 0.468. The highest BCUT2D eigenvalue weighted by atomic mass is 15.3. The Labute approximate surface area is 112 Å². The lowest BCUT2D eigenvalue weighted by molar-refractivity contribution is 0.452. The molecule has 0 amide bonds. The number of hydrogen-bond donors (Lipinski definition) is 1. The molecule has 0 aromatic carbocycles. The van der Waals surface area contributed by atoms with Gasteiger partial charge in [0.1, 0.15) is 0 Å². The molecule has 0 fully saturated rings. The maximum atomic E-state index is 4.68. The summed E-state index contributed by atoms with van der Waals surface area (Å²) in [4.78, 5) is 4.68. The molecule has 4 heteroatoms. The Kier molecular flexibility index (Phi) is 2.62. The molecule has 0 saturated carbocycles. The van der Waals surface area contributed by atoms with E-state index in [0.717, 1.165) is 26.1 Å². The third kappa shape index (κ3) is 1.87. The summed E-state index contributed by atoms with van der Waals surface area (Å²) in [6.45, 7) is 3.07. The number of fused-ring (bicyclic) bond motifs is 2. The number of nitrogens with one attached hydrogen (secondary N) is 1. The van der Waals surface area contributed by atoms with Crippen LogP contribution in [0.25, 0.3) is 0 Å². The predicted molar refractivity (Wildman–Crippen MR) is 73.0 cm³/mol. The molecular formula is C15H18N4. The second-order valence-electron chi connectivity index (χ2n) is 5.48. The van der Waals surface area contributed by atoms with Crippen molar-refractivity contribution < 1.29 is 0 Å². The number of pyridine rings is 1. The molecule has 2 aliphatic rings. The first-order chi connectivity index (χ1) is 9.42. The summed E-state index contributed by atoms with van der Waals surface area (Å²) in [5.41, 5.74) is 5.34. The molecule has 19 heavy (non-hydrogen) atoms. The first-order valence-corrected chi connectivity index (χ1v) is 7.12. The number of aromatic nitrogens is 3. The monoisotopic (exact) mass is 254 g/mol. The number of hydrogen-bond acceptors (Lipinski definition) is 3. The molecule has 2 aromatic heterocycles. The zero-order chi connectivity index (χ0) is 12.7. The van der Waals surface area contributed by atoms with E-state index in [2.05, 4.69) is 38.4 Å². The van der Waals surface area contributed by atoms with Crippen LogP contribution in [0, 0.1) is 0 Å². The SMILES string of the molecule is c1cc2n(n1)CCCC2c1cnc2c(c1)CNCC2. The summed E-state index contributed by atoms with van der Waals surface area (Å²) in [6.07, 6.45) is 7.46. The van der Waals surface area contributed by atoms with Crippen molar-refractivity contribution in [2.75, 3.05) is 6.54 Å². The van der Waals surface area contributed by atoms with E-state index in [1.54, 1.807) is 0 Å². The molecule has 1 unspecified atom stereocenters. The minimum Gasteiger partial charge on any atom is -0.312 e. The average Bonchev–Trinajstić information content (AvgIpc) is 2.95. The average molecular weight is 254 g/mol. The molecule has 0 saturated heterocycles. The van der Waals surface area contributed by atoms with Crippen LogP contribution < -0.4 is 5.32 Å². The van der Waals surface area contributed by atoms with Crippen LogP contribution in [0.15, 0.2) is 24.5 Å². The van der Waals surface area contributed by atoms with Crippen LogP contribution in [-0.2, 0) is 19.5 Å². The molecule has 0 aliphatic carbocycles. The molecule has 4 rings (SSSR count). The standard InChI is InChI=1S/C15H18N4/c1-2-13(15-4-6-18-19(15)7-1)11-8-12-9-16-5-3-14(12)17-10-11/h4,6,8,10,13,16H,1-3,5,7,9H2. The fourth-order valence-electron chi connectivity index (χ4n) is 3.31. The molecule has 1 atom stereocenters. The predicted octanol–water partition coefficient (Wildman–Crippen LogP) is 1.85. The lowest BCUT2D eigenvalue weighted by Crippen LogP contribution is -2.25. The highest BCUT2D eigenvalue weighted by Gasteiger charge is 2.23. The first kappa shape index (κ1) is 11.2. The highest BCUT2D eigenvalue weighted by Crippen LogP contribution is 2.33. The molecule has 2 aliphatic heterocycles. The fourth-order valence-corrected chi connectivity index (χ4v) is 3.31. The van der Waals surface area contributed by atoms with Crippen molar-refractivity contribution in [3.8, 4) is 0 Å². The van der Waals surface area contributed by atoms with Crippen molar-refractivity contribution in [3.63, 3.8) is 0 Å². The smallest absolute Gasteiger partial charge is 0.0492 e. The molecule has 0 spiro atoms. The Morgan fingerprint density at radius 1 is 1.37 bits per heavy atom. The maximum Gasteiger partial charge on any atom is 0.0492 e. The number of nitrogens with zero attached hydrogens (tertiary/aromatic N) is 3. The van der Waals surface area contributed by atoms with Gasteiger partial charge < -0.3 is 5.32 Å². The van der Waals surface area contributed by atoms with Gasteiger partial charge in [-0.3, -0.25) is 9.67 Å². The molecule has 4 nitrogen and oxygen atoms in total. The van der Waals surface area contributed by atoms with Crippen LogP contribution >= 0.6 is 0 Å². The van der Waals surface area contributed by atoms with E-state index < -0.39 is 0 Å². The van der Waals surface area contributed by atoms with Crippen molar-refractivity contribution in [2.24, 2.45) is 0 Å². The maximum absolute atomic E-state index is 4.68. The summed E-state index contributed by atoms with van der Waals surface area (Å²) in [6, 6.07) is 4.50. The Hall–Kier alpha value is -1.68. The van der Waals surface area contributed by atoms with Gasteiger partial charge in [-0.25, -0.2) is 0 Å². The molecule has 98 valence electrons. The fraction of sp³-hybridized carbons (Fsp3) is 0.467. The van der Waals surface area contributed by atoms with Gasteiger partial charge in [-0.1, -0.05) is 6.07 Å². The Morgan fingerprint density at radius 3 is 3.37 bits per heavy atom. The Morgan fingerprint density at radius 2 is 2.37 bits per heavy atom. The van der Waals surface area contributed by atoms with Gasteiger partial charge in [-0.2, -0.15) is 5.10 Å². The van der Waals surface area contributed by atoms with E-state index in [9.17, 15) is 0 Å². The van der Waals surface area contributed by atoms with Gasteiger partial charge in [0.25, 0.3) is 0 Å². The lowest BCUT2D eigenvalue weighted by atomic mass is 9.88. The van der Waals surface area contributed by atoms with Crippen molar-refractivity contribution >= 4 is 0 Å². The van der Waals surface area contributed by atoms with E-state index in [4.69, 9.17) is 0 Å². The van der Waals surface area contributed by atoms with E-state index in [1.165, 1.54) is 35.4 Å². The van der Waals surface area contributed by atoms with E-state index in [-0.39, 0.29) is 0 Å². The topological polar surface area (TPSA) is 42.7 Å². The molecule has 1 N–H and O–H groups in total. The summed E-state index contributed by atoms with van der Waals surface area (Å²) in [5, 5.41) is 7.83. The third-order valence-electron chi connectivity index (χ3n) is 4.31. The normalized spacial score (nSPS) is 21.8. The molecular weight excluding hydrogens is 236 g/mol. The van der Waals surface area contributed by atoms with Gasteiger partial charge in [-0.15, -0.1) is 0 Å². The second-order valence-corrected chi connectivity index (χ2v) is 5.48. The Bertz CT molecular complexity index is 602. The molecule has 0 bridgehead atoms. The summed E-state index contributed by atoms with van der Waals surface area (Å²) >= 11 is 0. The summed E-state index contributed by atoms with van der Waals surface area (Å²) < 4.78 is 2.14. The molecule has 2 aromatic rings. The third-order valence-corrected chi connectivity index (χ3v) is 4.31. The highest BCUT2D eigenvalue weighted by molar-refractivity contribution is 5.34. The Balaban J connectivity index is 1.74. The van der Waals surface area contributed by atoms with Crippen LogP contribution in [0.2, 0.25) is 0 Å². The van der Waals surface area contributed by atoms with Crippen LogP contribution in [0.5, 0.6) is 0 Å². The van der Waals surface area contributed by atoms with Crippen molar-refractivity contribution in [3.05, 3.63) is 47.0 Å². The lowest BCUT2D eigenvalue weighted by Gasteiger charge is -2.25. The van der Waals surface area contributed by atoms with Gasteiger partial charge in [-0.05, 0) is 30.0 Å². The first-order valence-electron chi connectivity index (χ1n) is 7.12. The summed E-state index contributed by atoms with van der Waals surface area (Å²) in [7, 11) is 0. The van der Waals surface area contributed by atoms with Crippen molar-refractivity contribution in [1.82, 2.24) is 20.1 Å². The number of rotatable bonds is 1. The zero-order valence-corrected chi connectivity index (χ0v) is 11.0. The van der Waals surface area contributed by atoms with E-state index in [1.807, 2.05) is 6.20 Å². The van der Waals surface area contributed by atoms with Gasteiger partial charge in [0.05, 0.1) is 0 Å². The largest absolute Gasteiger partial charge is 0.312 e. The number of aryl methyl sites for hydroxylation is 1. The van der Waals surface area contributed by atoms with Crippen LogP contribution in [-0.4, -0.2) is 21.3 Å². The van der Waals surface area contributed by atoms with E-state index >= 15 is 0 Å². The van der Waals surface area contributed by atoms with Gasteiger partial charge in [0.2, 0.25) is 0 Å². The quantitative estimate of drug-likeness (QED) is 0.844. The van der Waals surface area contributed by atoms with Crippen LogP contribution in [0.1, 0.15) is 41.3 Å². The second kappa shape index (κ2) is 4.46. The molecule has 4 heterocycles. The zero-order valence-electron chi connectivity index (χ0n) is 11.0. The van der Waals surface area contributed by atoms with Crippen LogP contribution in [0.3, 0.4) is 0 Å². The van der Waals surface area contributed by atoms with E-state index in [0.29, 0.717) is 5.92 Å².